The van der Waals surface area contributed by atoms with Crippen LogP contribution < -0.4 is 0 Å². The van der Waals surface area contributed by atoms with Crippen molar-refractivity contribution in [3.8, 4) is 0 Å². The lowest BCUT2D eigenvalue weighted by molar-refractivity contribution is -0.354. The molecule has 18 heteroatoms. The van der Waals surface area contributed by atoms with Gasteiger partial charge in [0.1, 0.15) is 0 Å². The van der Waals surface area contributed by atoms with Crippen LogP contribution in [0.15, 0.2) is 0 Å². The number of carbonyl (C=O) groups is 1. The van der Waals surface area contributed by atoms with Crippen molar-refractivity contribution in [1.82, 2.24) is 0 Å². The molecule has 0 aliphatic rings. The Hall–Kier alpha value is -1.53. The van der Waals surface area contributed by atoms with Crippen LogP contribution in [0.25, 0.3) is 0 Å². The lowest BCUT2D eigenvalue weighted by Crippen LogP contribution is -2.55. The zero-order chi connectivity index (χ0) is 34.7. The maximum absolute atomic E-state index is 12.9. The molecule has 0 spiro atoms. The zero-order valence-corrected chi connectivity index (χ0v) is 25.0. The number of ether oxygens (including phenoxy) is 5. The molecular formula is C26H40F12O6. The molecule has 0 bridgehead atoms. The van der Waals surface area contributed by atoms with Crippen LogP contribution in [0.2, 0.25) is 0 Å². The second kappa shape index (κ2) is 16.9. The molecule has 0 saturated heterocycles. The van der Waals surface area contributed by atoms with Crippen LogP contribution in [0.3, 0.4) is 0 Å². The molecule has 0 heterocycles. The van der Waals surface area contributed by atoms with E-state index in [0.29, 0.717) is 6.42 Å². The predicted octanol–water partition coefficient (Wildman–Crippen LogP) is 8.67. The summed E-state index contributed by atoms with van der Waals surface area (Å²) < 4.78 is 181. The number of halogens is 12. The third-order valence-corrected chi connectivity index (χ3v) is 6.67. The molecule has 0 aromatic heterocycles. The van der Waals surface area contributed by atoms with Crippen LogP contribution in [0.4, 0.5) is 52.7 Å². The van der Waals surface area contributed by atoms with Gasteiger partial charge in [-0.15, -0.1) is 0 Å². The number of hydrogen-bond donors (Lipinski definition) is 0. The summed E-state index contributed by atoms with van der Waals surface area (Å²) in [4.78, 5) is 12.3. The summed E-state index contributed by atoms with van der Waals surface area (Å²) in [5.41, 5.74) is -0.925. The fourth-order valence-electron chi connectivity index (χ4n) is 3.76. The van der Waals surface area contributed by atoms with Crippen molar-refractivity contribution >= 4 is 5.97 Å². The summed E-state index contributed by atoms with van der Waals surface area (Å²) in [5, 5.41) is 0. The molecule has 0 aromatic carbocycles. The van der Waals surface area contributed by atoms with Crippen LogP contribution >= 0.6 is 0 Å². The molecule has 0 radical (unpaired) electrons. The van der Waals surface area contributed by atoms with Crippen molar-refractivity contribution in [3.05, 3.63) is 0 Å². The summed E-state index contributed by atoms with van der Waals surface area (Å²) in [6.45, 7) is 1.39. The molecule has 0 saturated carbocycles. The van der Waals surface area contributed by atoms with E-state index >= 15 is 0 Å². The van der Waals surface area contributed by atoms with Gasteiger partial charge in [-0.05, 0) is 47.0 Å². The Morgan fingerprint density at radius 3 is 1.09 bits per heavy atom. The maximum atomic E-state index is 12.9. The molecule has 0 aliphatic carbocycles. The summed E-state index contributed by atoms with van der Waals surface area (Å²) >= 11 is 0. The van der Waals surface area contributed by atoms with E-state index in [1.54, 1.807) is 20.8 Å². The molecule has 0 N–H and O–H groups in total. The summed E-state index contributed by atoms with van der Waals surface area (Å²) in [5.74, 6) is -7.47. The van der Waals surface area contributed by atoms with E-state index < -0.39 is 112 Å². The highest BCUT2D eigenvalue weighted by molar-refractivity contribution is 5.75. The van der Waals surface area contributed by atoms with Gasteiger partial charge >= 0.3 is 30.7 Å². The first-order valence-corrected chi connectivity index (χ1v) is 13.6. The van der Waals surface area contributed by atoms with Crippen LogP contribution in [-0.4, -0.2) is 75.3 Å². The smallest absolute Gasteiger partial charge is 0.391 e. The van der Waals surface area contributed by atoms with Crippen molar-refractivity contribution in [1.29, 1.82) is 0 Å². The second-order valence-corrected chi connectivity index (χ2v) is 11.0. The fraction of sp³-hybridized carbons (Fsp3) is 0.962. The van der Waals surface area contributed by atoms with E-state index in [-0.39, 0.29) is 13.0 Å². The Bertz CT molecular complexity index is 747. The summed E-state index contributed by atoms with van der Waals surface area (Å²) in [7, 11) is 0. The molecule has 0 rings (SSSR count). The van der Waals surface area contributed by atoms with Crippen LogP contribution in [-0.2, 0) is 28.5 Å². The first-order chi connectivity index (χ1) is 19.6. The minimum atomic E-state index is -4.81. The van der Waals surface area contributed by atoms with E-state index in [2.05, 4.69) is 0 Å². The molecule has 6 nitrogen and oxygen atoms in total. The number of carbonyl (C=O) groups excluding carboxylic acids is 1. The highest BCUT2D eigenvalue weighted by Crippen LogP contribution is 2.41. The SMILES string of the molecule is CCC(C)(C)C(=O)OCCCC(C(C)(OCCC(F)(F)F)OCCC(F)(F)F)C(C)(OCCC(F)(F)F)OCCC(F)(F)F. The average molecular weight is 677 g/mol. The highest BCUT2D eigenvalue weighted by Gasteiger charge is 2.51. The van der Waals surface area contributed by atoms with Gasteiger partial charge in [0, 0.05) is 0 Å². The highest BCUT2D eigenvalue weighted by atomic mass is 19.4. The third kappa shape index (κ3) is 18.4. The Balaban J connectivity index is 6.53. The molecule has 0 aliphatic heterocycles. The summed E-state index contributed by atoms with van der Waals surface area (Å²) in [6.07, 6.45) is -26.1. The molecule has 264 valence electrons. The molecule has 0 unspecified atom stereocenters. The van der Waals surface area contributed by atoms with Crippen LogP contribution in [0.5, 0.6) is 0 Å². The lowest BCUT2D eigenvalue weighted by Gasteiger charge is -2.47. The Morgan fingerprint density at radius 2 is 0.841 bits per heavy atom. The summed E-state index contributed by atoms with van der Waals surface area (Å²) in [6, 6.07) is 0. The van der Waals surface area contributed by atoms with Crippen molar-refractivity contribution < 1.29 is 81.2 Å². The van der Waals surface area contributed by atoms with E-state index in [1.807, 2.05) is 0 Å². The average Bonchev–Trinajstić information content (AvgIpc) is 2.80. The molecular weight excluding hydrogens is 636 g/mol. The van der Waals surface area contributed by atoms with E-state index in [9.17, 15) is 57.5 Å². The minimum absolute atomic E-state index is 0.238. The Morgan fingerprint density at radius 1 is 0.545 bits per heavy atom. The lowest BCUT2D eigenvalue weighted by atomic mass is 9.86. The van der Waals surface area contributed by atoms with Crippen molar-refractivity contribution in [2.75, 3.05) is 33.0 Å². The molecule has 0 aromatic rings. The quantitative estimate of drug-likeness (QED) is 0.0557. The van der Waals surface area contributed by atoms with Crippen molar-refractivity contribution in [2.45, 2.75) is 116 Å². The van der Waals surface area contributed by atoms with Gasteiger partial charge in [0.05, 0.1) is 70.1 Å². The van der Waals surface area contributed by atoms with E-state index in [0.717, 1.165) is 13.8 Å². The van der Waals surface area contributed by atoms with Gasteiger partial charge in [-0.1, -0.05) is 6.92 Å². The van der Waals surface area contributed by atoms with Gasteiger partial charge in [-0.2, -0.15) is 52.7 Å². The van der Waals surface area contributed by atoms with Gasteiger partial charge in [0.25, 0.3) is 0 Å². The number of rotatable bonds is 20. The largest absolute Gasteiger partial charge is 0.465 e. The normalized spacial score (nSPS) is 14.4. The minimum Gasteiger partial charge on any atom is -0.465 e. The van der Waals surface area contributed by atoms with Crippen LogP contribution in [0, 0.1) is 11.3 Å². The Labute approximate surface area is 248 Å². The monoisotopic (exact) mass is 676 g/mol. The maximum Gasteiger partial charge on any atom is 0.391 e. The topological polar surface area (TPSA) is 63.2 Å². The molecule has 0 atom stereocenters. The van der Waals surface area contributed by atoms with E-state index in [1.165, 1.54) is 0 Å². The zero-order valence-electron chi connectivity index (χ0n) is 25.0. The Kier molecular flexibility index (Phi) is 16.3. The third-order valence-electron chi connectivity index (χ3n) is 6.67. The number of hydrogen-bond acceptors (Lipinski definition) is 6. The van der Waals surface area contributed by atoms with Gasteiger partial charge in [-0.3, -0.25) is 4.79 Å². The predicted molar refractivity (Wildman–Crippen MR) is 131 cm³/mol. The van der Waals surface area contributed by atoms with Crippen molar-refractivity contribution in [2.24, 2.45) is 11.3 Å². The standard InChI is InChI=1S/C26H40F12O6/c1-6-20(2,3)19(39)40-13-7-8-18(21(4,41-14-9-23(27,28)29)42-15-10-24(30,31)32)22(5,43-16-11-25(33,34)35)44-17-12-26(36,37)38/h18H,6-17H2,1-5H3. The fourth-order valence-corrected chi connectivity index (χ4v) is 3.76. The van der Waals surface area contributed by atoms with Gasteiger partial charge in [0.2, 0.25) is 0 Å². The molecule has 0 fully saturated rings. The number of esters is 1. The number of alkyl halides is 12. The van der Waals surface area contributed by atoms with Gasteiger partial charge in [-0.25, -0.2) is 0 Å². The first-order valence-electron chi connectivity index (χ1n) is 13.6. The van der Waals surface area contributed by atoms with Gasteiger partial charge < -0.3 is 23.7 Å². The molecule has 0 amide bonds. The van der Waals surface area contributed by atoms with Crippen molar-refractivity contribution in [3.63, 3.8) is 0 Å². The first kappa shape index (κ1) is 42.5. The van der Waals surface area contributed by atoms with E-state index in [4.69, 9.17) is 23.7 Å². The van der Waals surface area contributed by atoms with Crippen LogP contribution in [0.1, 0.15) is 79.6 Å². The molecule has 44 heavy (non-hydrogen) atoms. The second-order valence-electron chi connectivity index (χ2n) is 11.0. The van der Waals surface area contributed by atoms with Gasteiger partial charge in [0.15, 0.2) is 11.6 Å².